The third-order valence-corrected chi connectivity index (χ3v) is 7.74. The molecule has 11 heteroatoms. The van der Waals surface area contributed by atoms with Crippen molar-refractivity contribution in [1.29, 1.82) is 0 Å². The molecular weight excluding hydrogens is 554 g/mol. The number of benzene rings is 3. The number of carbonyl (C=O) groups excluding carboxylic acids is 2. The Kier molecular flexibility index (Phi) is 9.03. The Hall–Kier alpha value is -4.41. The van der Waals surface area contributed by atoms with Gasteiger partial charge in [0.25, 0.3) is 15.9 Å². The summed E-state index contributed by atoms with van der Waals surface area (Å²) in [5.41, 5.74) is 4.68. The van der Waals surface area contributed by atoms with Crippen LogP contribution in [0.1, 0.15) is 28.6 Å². The summed E-state index contributed by atoms with van der Waals surface area (Å²) in [7, 11) is -4.07. The summed E-state index contributed by atoms with van der Waals surface area (Å²) in [5, 5.41) is 4.34. The van der Waals surface area contributed by atoms with Crippen molar-refractivity contribution in [3.05, 3.63) is 107 Å². The normalized spacial score (nSPS) is 11.4. The van der Waals surface area contributed by atoms with Crippen molar-refractivity contribution in [3.63, 3.8) is 0 Å². The number of anilines is 1. The molecule has 4 rings (SSSR count). The van der Waals surface area contributed by atoms with E-state index in [-0.39, 0.29) is 10.6 Å². The number of hydrogen-bond acceptors (Lipinski definition) is 7. The Morgan fingerprint density at radius 1 is 0.975 bits per heavy atom. The number of aryl methyl sites for hydroxylation is 1. The Balaban J connectivity index is 1.45. The largest absolute Gasteiger partial charge is 0.462 e. The topological polar surface area (TPSA) is 118 Å². The second-order valence-electron chi connectivity index (χ2n) is 8.59. The molecule has 1 N–H and O–H groups in total. The van der Waals surface area contributed by atoms with Crippen molar-refractivity contribution in [2.75, 3.05) is 17.5 Å². The second kappa shape index (κ2) is 12.6. The van der Waals surface area contributed by atoms with Gasteiger partial charge >= 0.3 is 5.97 Å². The summed E-state index contributed by atoms with van der Waals surface area (Å²) >= 11 is 5.98. The number of rotatable bonds is 10. The molecule has 0 bridgehead atoms. The summed E-state index contributed by atoms with van der Waals surface area (Å²) in [4.78, 5) is 24.6. The van der Waals surface area contributed by atoms with Gasteiger partial charge in [-0.3, -0.25) is 9.10 Å². The smallest absolute Gasteiger partial charge is 0.338 e. The Morgan fingerprint density at radius 3 is 2.30 bits per heavy atom. The molecule has 1 amide bonds. The zero-order valence-electron chi connectivity index (χ0n) is 21.7. The Morgan fingerprint density at radius 2 is 1.65 bits per heavy atom. The van der Waals surface area contributed by atoms with Crippen molar-refractivity contribution in [2.45, 2.75) is 18.7 Å². The van der Waals surface area contributed by atoms with Crippen LogP contribution in [0.15, 0.2) is 99.3 Å². The quantitative estimate of drug-likeness (QED) is 0.152. The number of ether oxygens (including phenoxy) is 1. The van der Waals surface area contributed by atoms with E-state index >= 15 is 0 Å². The average molecular weight is 580 g/mol. The van der Waals surface area contributed by atoms with Crippen LogP contribution < -0.4 is 9.73 Å². The maximum Gasteiger partial charge on any atom is 0.338 e. The molecule has 0 unspecified atom stereocenters. The van der Waals surface area contributed by atoms with Crippen LogP contribution >= 0.6 is 11.6 Å². The van der Waals surface area contributed by atoms with Crippen molar-refractivity contribution in [3.8, 4) is 11.3 Å². The predicted molar refractivity (Wildman–Crippen MR) is 153 cm³/mol. The number of hydrazone groups is 1. The molecule has 1 heterocycles. The lowest BCUT2D eigenvalue weighted by Crippen LogP contribution is -2.39. The van der Waals surface area contributed by atoms with E-state index in [1.807, 2.05) is 6.92 Å². The van der Waals surface area contributed by atoms with Gasteiger partial charge in [0.2, 0.25) is 0 Å². The van der Waals surface area contributed by atoms with Gasteiger partial charge in [-0.15, -0.1) is 0 Å². The summed E-state index contributed by atoms with van der Waals surface area (Å²) in [6.07, 6.45) is 1.30. The number of halogens is 1. The van der Waals surface area contributed by atoms with Crippen LogP contribution in [0.4, 0.5) is 5.69 Å². The van der Waals surface area contributed by atoms with E-state index in [0.717, 1.165) is 15.4 Å². The number of furan rings is 1. The van der Waals surface area contributed by atoms with Crippen molar-refractivity contribution in [1.82, 2.24) is 5.43 Å². The molecule has 0 fully saturated rings. The fraction of sp³-hybridized carbons (Fsp3) is 0.138. The molecule has 9 nitrogen and oxygen atoms in total. The van der Waals surface area contributed by atoms with E-state index in [1.165, 1.54) is 30.5 Å². The number of amides is 1. The molecule has 0 radical (unpaired) electrons. The SMILES string of the molecule is CCOC(=O)c1ccc(-c2ccc(/C=N\NC(=O)CN(c3ccc(Cl)cc3)S(=O)(=O)c3ccc(C)cc3)o2)cc1. The maximum absolute atomic E-state index is 13.4. The molecule has 0 saturated carbocycles. The minimum atomic E-state index is -4.07. The van der Waals surface area contributed by atoms with Crippen LogP contribution in [0.2, 0.25) is 5.02 Å². The van der Waals surface area contributed by atoms with Crippen LogP contribution in [0.5, 0.6) is 0 Å². The third-order valence-electron chi connectivity index (χ3n) is 5.70. The zero-order valence-corrected chi connectivity index (χ0v) is 23.3. The van der Waals surface area contributed by atoms with Crippen LogP contribution in [0, 0.1) is 6.92 Å². The first-order valence-corrected chi connectivity index (χ1v) is 14.0. The third kappa shape index (κ3) is 6.96. The molecule has 0 atom stereocenters. The van der Waals surface area contributed by atoms with E-state index in [1.54, 1.807) is 67.6 Å². The fourth-order valence-corrected chi connectivity index (χ4v) is 5.20. The standard InChI is InChI=1S/C29H26ClN3O6S/c1-3-38-29(35)22-8-6-21(7-9-22)27-17-14-25(39-27)18-31-32-28(34)19-33(24-12-10-23(30)11-13-24)40(36,37)26-15-4-20(2)5-16-26/h4-18H,3,19H2,1-2H3,(H,32,34)/b31-18-. The van der Waals surface area contributed by atoms with Gasteiger partial charge in [0.1, 0.15) is 18.1 Å². The summed E-state index contributed by atoms with van der Waals surface area (Å²) in [5.74, 6) is -0.186. The van der Waals surface area contributed by atoms with Gasteiger partial charge in [-0.1, -0.05) is 41.4 Å². The highest BCUT2D eigenvalue weighted by Gasteiger charge is 2.27. The van der Waals surface area contributed by atoms with Gasteiger partial charge in [0.05, 0.1) is 29.0 Å². The molecule has 206 valence electrons. The van der Waals surface area contributed by atoms with Crippen molar-refractivity contribution in [2.24, 2.45) is 5.10 Å². The molecule has 0 spiro atoms. The van der Waals surface area contributed by atoms with Crippen LogP contribution in [0.25, 0.3) is 11.3 Å². The number of hydrogen-bond donors (Lipinski definition) is 1. The molecule has 0 saturated heterocycles. The lowest BCUT2D eigenvalue weighted by Gasteiger charge is -2.23. The number of carbonyl (C=O) groups is 2. The highest BCUT2D eigenvalue weighted by atomic mass is 35.5. The van der Waals surface area contributed by atoms with E-state index in [2.05, 4.69) is 10.5 Å². The molecule has 4 aromatic rings. The Bertz CT molecular complexity index is 1610. The second-order valence-corrected chi connectivity index (χ2v) is 10.9. The first kappa shape index (κ1) is 28.6. The molecule has 0 aliphatic rings. The highest BCUT2D eigenvalue weighted by Crippen LogP contribution is 2.26. The van der Waals surface area contributed by atoms with Gasteiger partial charge in [0.15, 0.2) is 0 Å². The van der Waals surface area contributed by atoms with Gasteiger partial charge < -0.3 is 9.15 Å². The molecule has 40 heavy (non-hydrogen) atoms. The van der Waals surface area contributed by atoms with Crippen LogP contribution in [-0.2, 0) is 19.6 Å². The van der Waals surface area contributed by atoms with Gasteiger partial charge in [0, 0.05) is 10.6 Å². The van der Waals surface area contributed by atoms with Gasteiger partial charge in [-0.2, -0.15) is 5.10 Å². The number of nitrogens with one attached hydrogen (secondary N) is 1. The summed E-state index contributed by atoms with van der Waals surface area (Å²) in [6, 6.07) is 22.6. The van der Waals surface area contributed by atoms with E-state index < -0.39 is 28.4 Å². The number of sulfonamides is 1. The first-order valence-electron chi connectivity index (χ1n) is 12.2. The monoisotopic (exact) mass is 579 g/mol. The van der Waals surface area contributed by atoms with Gasteiger partial charge in [-0.05, 0) is 74.5 Å². The predicted octanol–water partition coefficient (Wildman–Crippen LogP) is 5.43. The summed E-state index contributed by atoms with van der Waals surface area (Å²) in [6.45, 7) is 3.36. The van der Waals surface area contributed by atoms with E-state index in [0.29, 0.717) is 28.7 Å². The minimum absolute atomic E-state index is 0.0442. The first-order chi connectivity index (χ1) is 19.2. The Labute approximate surface area is 237 Å². The molecule has 1 aromatic heterocycles. The number of esters is 1. The van der Waals surface area contributed by atoms with Crippen molar-refractivity contribution >= 4 is 45.4 Å². The number of nitrogens with zero attached hydrogens (tertiary/aromatic N) is 2. The van der Waals surface area contributed by atoms with Crippen molar-refractivity contribution < 1.29 is 27.2 Å². The lowest BCUT2D eigenvalue weighted by atomic mass is 10.1. The van der Waals surface area contributed by atoms with Gasteiger partial charge in [-0.25, -0.2) is 18.6 Å². The maximum atomic E-state index is 13.4. The lowest BCUT2D eigenvalue weighted by molar-refractivity contribution is -0.119. The van der Waals surface area contributed by atoms with Crippen LogP contribution in [-0.4, -0.2) is 39.7 Å². The summed E-state index contributed by atoms with van der Waals surface area (Å²) < 4.78 is 38.6. The van der Waals surface area contributed by atoms with E-state index in [9.17, 15) is 18.0 Å². The van der Waals surface area contributed by atoms with Crippen LogP contribution in [0.3, 0.4) is 0 Å². The molecule has 0 aliphatic carbocycles. The average Bonchev–Trinajstić information content (AvgIpc) is 3.42. The molecule has 0 aliphatic heterocycles. The zero-order chi connectivity index (χ0) is 28.7. The highest BCUT2D eigenvalue weighted by molar-refractivity contribution is 7.92. The fourth-order valence-electron chi connectivity index (χ4n) is 3.66. The molecular formula is C29H26ClN3O6S. The molecule has 3 aromatic carbocycles. The minimum Gasteiger partial charge on any atom is -0.462 e. The van der Waals surface area contributed by atoms with E-state index in [4.69, 9.17) is 20.8 Å².